The first-order valence-corrected chi connectivity index (χ1v) is 7.67. The number of halogens is 1. The number of nitrogens with one attached hydrogen (secondary N) is 2. The maximum atomic E-state index is 12.3. The van der Waals surface area contributed by atoms with Crippen molar-refractivity contribution in [2.24, 2.45) is 0 Å². The molecule has 6 heteroatoms. The smallest absolute Gasteiger partial charge is 0.335 e. The Balaban J connectivity index is 2.06. The maximum absolute atomic E-state index is 12.3. The van der Waals surface area contributed by atoms with Crippen LogP contribution in [0.5, 0.6) is 0 Å². The number of anilines is 1. The summed E-state index contributed by atoms with van der Waals surface area (Å²) in [5.41, 5.74) is 2.41. The third-order valence-electron chi connectivity index (χ3n) is 3.15. The Morgan fingerprint density at radius 2 is 1.82 bits per heavy atom. The van der Waals surface area contributed by atoms with E-state index in [0.717, 1.165) is 14.8 Å². The lowest BCUT2D eigenvalue weighted by atomic mass is 10.1. The first kappa shape index (κ1) is 16.3. The van der Waals surface area contributed by atoms with E-state index in [-0.39, 0.29) is 11.5 Å². The fourth-order valence-corrected chi connectivity index (χ4v) is 2.46. The number of rotatable bonds is 5. The summed E-state index contributed by atoms with van der Waals surface area (Å²) >= 11 is 2.16. The molecule has 0 bridgehead atoms. The van der Waals surface area contributed by atoms with E-state index < -0.39 is 5.97 Å². The van der Waals surface area contributed by atoms with Gasteiger partial charge in [-0.2, -0.15) is 0 Å². The number of carbonyl (C=O) groups excluding carboxylic acids is 1. The number of carboxylic acid groups (broad SMARTS) is 1. The number of hydrogen-bond acceptors (Lipinski definition) is 3. The van der Waals surface area contributed by atoms with Gasteiger partial charge in [0.25, 0.3) is 5.91 Å². The molecule has 0 aliphatic rings. The standard InChI is InChI=1S/C16H15IN2O3/c1-18-14-7-6-12(17)8-13(14)15(20)19-9-10-2-4-11(5-3-10)16(21)22/h2-8,18H,9H2,1H3,(H,19,20)(H,21,22). The van der Waals surface area contributed by atoms with Gasteiger partial charge in [0.1, 0.15) is 0 Å². The highest BCUT2D eigenvalue weighted by Gasteiger charge is 2.11. The van der Waals surface area contributed by atoms with E-state index in [4.69, 9.17) is 5.11 Å². The minimum absolute atomic E-state index is 0.176. The Labute approximate surface area is 141 Å². The molecule has 3 N–H and O–H groups in total. The van der Waals surface area contributed by atoms with Gasteiger partial charge >= 0.3 is 5.97 Å². The van der Waals surface area contributed by atoms with Crippen LogP contribution in [0.1, 0.15) is 26.3 Å². The highest BCUT2D eigenvalue weighted by atomic mass is 127. The molecule has 114 valence electrons. The zero-order valence-electron chi connectivity index (χ0n) is 11.9. The van der Waals surface area contributed by atoms with Crippen LogP contribution >= 0.6 is 22.6 Å². The largest absolute Gasteiger partial charge is 0.478 e. The fraction of sp³-hybridized carbons (Fsp3) is 0.125. The molecule has 0 aliphatic heterocycles. The minimum Gasteiger partial charge on any atom is -0.478 e. The van der Waals surface area contributed by atoms with Gasteiger partial charge in [-0.1, -0.05) is 12.1 Å². The zero-order chi connectivity index (χ0) is 16.1. The molecule has 2 aromatic rings. The van der Waals surface area contributed by atoms with Crippen LogP contribution in [0.3, 0.4) is 0 Å². The van der Waals surface area contributed by atoms with Gasteiger partial charge in [0, 0.05) is 22.8 Å². The van der Waals surface area contributed by atoms with Gasteiger partial charge in [-0.25, -0.2) is 4.79 Å². The first-order chi connectivity index (χ1) is 10.5. The number of amides is 1. The van der Waals surface area contributed by atoms with Crippen molar-refractivity contribution < 1.29 is 14.7 Å². The molecule has 2 rings (SSSR count). The first-order valence-electron chi connectivity index (χ1n) is 6.59. The van der Waals surface area contributed by atoms with Gasteiger partial charge in [-0.3, -0.25) is 4.79 Å². The second-order valence-corrected chi connectivity index (χ2v) is 5.87. The minimum atomic E-state index is -0.965. The average molecular weight is 410 g/mol. The lowest BCUT2D eigenvalue weighted by molar-refractivity contribution is 0.0696. The molecule has 0 atom stereocenters. The van der Waals surface area contributed by atoms with Crippen molar-refractivity contribution in [3.63, 3.8) is 0 Å². The highest BCUT2D eigenvalue weighted by molar-refractivity contribution is 14.1. The summed E-state index contributed by atoms with van der Waals surface area (Å²) in [6.07, 6.45) is 0. The predicted octanol–water partition coefficient (Wildman–Crippen LogP) is 2.96. The molecule has 1 amide bonds. The van der Waals surface area contributed by atoms with Gasteiger partial charge in [-0.05, 0) is 58.5 Å². The third kappa shape index (κ3) is 3.97. The van der Waals surface area contributed by atoms with E-state index in [1.807, 2.05) is 18.2 Å². The normalized spacial score (nSPS) is 10.1. The van der Waals surface area contributed by atoms with Crippen molar-refractivity contribution in [1.82, 2.24) is 5.32 Å². The molecule has 0 fully saturated rings. The molecule has 0 aromatic heterocycles. The fourth-order valence-electron chi connectivity index (χ4n) is 1.97. The SMILES string of the molecule is CNc1ccc(I)cc1C(=O)NCc1ccc(C(=O)O)cc1. The van der Waals surface area contributed by atoms with Crippen molar-refractivity contribution >= 4 is 40.2 Å². The molecule has 0 unspecified atom stereocenters. The summed E-state index contributed by atoms with van der Waals surface area (Å²) in [5, 5.41) is 14.7. The zero-order valence-corrected chi connectivity index (χ0v) is 14.0. The Hall–Kier alpha value is -2.09. The molecule has 0 aliphatic carbocycles. The molecule has 0 saturated heterocycles. The van der Waals surface area contributed by atoms with Crippen molar-refractivity contribution in [3.8, 4) is 0 Å². The summed E-state index contributed by atoms with van der Waals surface area (Å²) in [7, 11) is 1.77. The Morgan fingerprint density at radius 3 is 2.41 bits per heavy atom. The molecule has 0 heterocycles. The molecule has 0 radical (unpaired) electrons. The molecule has 0 spiro atoms. The van der Waals surface area contributed by atoms with Crippen LogP contribution in [-0.2, 0) is 6.54 Å². The van der Waals surface area contributed by atoms with E-state index in [2.05, 4.69) is 33.2 Å². The van der Waals surface area contributed by atoms with Crippen LogP contribution in [0.4, 0.5) is 5.69 Å². The van der Waals surface area contributed by atoms with Gasteiger partial charge in [0.05, 0.1) is 11.1 Å². The number of aromatic carboxylic acids is 1. The van der Waals surface area contributed by atoms with Crippen molar-refractivity contribution in [2.75, 3.05) is 12.4 Å². The summed E-state index contributed by atoms with van der Waals surface area (Å²) in [6, 6.07) is 12.0. The highest BCUT2D eigenvalue weighted by Crippen LogP contribution is 2.18. The van der Waals surface area contributed by atoms with E-state index in [0.29, 0.717) is 12.1 Å². The summed E-state index contributed by atoms with van der Waals surface area (Å²) < 4.78 is 0.979. The quantitative estimate of drug-likeness (QED) is 0.663. The van der Waals surface area contributed by atoms with Crippen LogP contribution in [0.15, 0.2) is 42.5 Å². The van der Waals surface area contributed by atoms with E-state index in [1.54, 1.807) is 19.2 Å². The molecule has 22 heavy (non-hydrogen) atoms. The molecular formula is C16H15IN2O3. The van der Waals surface area contributed by atoms with E-state index >= 15 is 0 Å². The van der Waals surface area contributed by atoms with Crippen LogP contribution < -0.4 is 10.6 Å². The molecule has 5 nitrogen and oxygen atoms in total. The van der Waals surface area contributed by atoms with Crippen LogP contribution in [0, 0.1) is 3.57 Å². The second-order valence-electron chi connectivity index (χ2n) is 4.62. The average Bonchev–Trinajstić information content (AvgIpc) is 2.53. The third-order valence-corrected chi connectivity index (χ3v) is 3.82. The van der Waals surface area contributed by atoms with Crippen molar-refractivity contribution in [1.29, 1.82) is 0 Å². The Bertz CT molecular complexity index is 699. The number of hydrogen-bond donors (Lipinski definition) is 3. The van der Waals surface area contributed by atoms with Gasteiger partial charge in [0.15, 0.2) is 0 Å². The predicted molar refractivity (Wildman–Crippen MR) is 93.3 cm³/mol. The summed E-state index contributed by atoms with van der Waals surface area (Å²) in [6.45, 7) is 0.341. The van der Waals surface area contributed by atoms with Crippen LogP contribution in [-0.4, -0.2) is 24.0 Å². The Kier molecular flexibility index (Phi) is 5.37. The summed E-state index contributed by atoms with van der Waals surface area (Å²) in [5.74, 6) is -1.14. The van der Waals surface area contributed by atoms with Crippen LogP contribution in [0.25, 0.3) is 0 Å². The molecular weight excluding hydrogens is 395 g/mol. The van der Waals surface area contributed by atoms with E-state index in [9.17, 15) is 9.59 Å². The van der Waals surface area contributed by atoms with Crippen LogP contribution in [0.2, 0.25) is 0 Å². The van der Waals surface area contributed by atoms with Gasteiger partial charge in [-0.15, -0.1) is 0 Å². The summed E-state index contributed by atoms with van der Waals surface area (Å²) in [4.78, 5) is 23.1. The number of carboxylic acids is 1. The number of carbonyl (C=O) groups is 2. The maximum Gasteiger partial charge on any atom is 0.335 e. The van der Waals surface area contributed by atoms with Gasteiger partial charge < -0.3 is 15.7 Å². The second kappa shape index (κ2) is 7.26. The molecule has 0 saturated carbocycles. The lowest BCUT2D eigenvalue weighted by Crippen LogP contribution is -2.23. The number of benzene rings is 2. The topological polar surface area (TPSA) is 78.4 Å². The monoisotopic (exact) mass is 410 g/mol. The lowest BCUT2D eigenvalue weighted by Gasteiger charge is -2.10. The van der Waals surface area contributed by atoms with Crippen molar-refractivity contribution in [3.05, 3.63) is 62.7 Å². The van der Waals surface area contributed by atoms with Crippen molar-refractivity contribution in [2.45, 2.75) is 6.54 Å². The van der Waals surface area contributed by atoms with E-state index in [1.165, 1.54) is 12.1 Å². The Morgan fingerprint density at radius 1 is 1.14 bits per heavy atom. The van der Waals surface area contributed by atoms with Gasteiger partial charge in [0.2, 0.25) is 0 Å². The molecule has 2 aromatic carbocycles.